The second-order valence-electron chi connectivity index (χ2n) is 5.79. The van der Waals surface area contributed by atoms with Gasteiger partial charge in [-0.05, 0) is 25.2 Å². The minimum absolute atomic E-state index is 0.0310. The highest BCUT2D eigenvalue weighted by Gasteiger charge is 2.43. The van der Waals surface area contributed by atoms with Gasteiger partial charge in [-0.3, -0.25) is 9.59 Å². The molecule has 1 spiro atoms. The van der Waals surface area contributed by atoms with Gasteiger partial charge in [0, 0.05) is 19.5 Å². The van der Waals surface area contributed by atoms with Crippen LogP contribution in [0.3, 0.4) is 0 Å². The van der Waals surface area contributed by atoms with E-state index in [9.17, 15) is 9.59 Å². The molecule has 0 atom stereocenters. The van der Waals surface area contributed by atoms with Crippen molar-refractivity contribution in [2.24, 2.45) is 5.41 Å². The van der Waals surface area contributed by atoms with Gasteiger partial charge >= 0.3 is 0 Å². The number of hydrogen-bond donors (Lipinski definition) is 1. The van der Waals surface area contributed by atoms with Crippen molar-refractivity contribution in [1.29, 1.82) is 0 Å². The summed E-state index contributed by atoms with van der Waals surface area (Å²) in [5.74, 6) is 0.139. The fourth-order valence-corrected chi connectivity index (χ4v) is 3.37. The van der Waals surface area contributed by atoms with Gasteiger partial charge in [0.05, 0.1) is 6.54 Å². The Kier molecular flexibility index (Phi) is 4.25. The summed E-state index contributed by atoms with van der Waals surface area (Å²) in [6, 6.07) is 0. The first kappa shape index (κ1) is 13.4. The van der Waals surface area contributed by atoms with E-state index in [-0.39, 0.29) is 23.8 Å². The third kappa shape index (κ3) is 3.03. The number of carbonyl (C=O) groups is 2. The van der Waals surface area contributed by atoms with Crippen molar-refractivity contribution in [3.05, 3.63) is 0 Å². The molecule has 2 aliphatic rings. The molecule has 1 aliphatic carbocycles. The molecular weight excluding hydrogens is 228 g/mol. The number of likely N-dealkylation sites (tertiary alicyclic amines) is 1. The number of hydrogen-bond acceptors (Lipinski definition) is 2. The van der Waals surface area contributed by atoms with Gasteiger partial charge in [-0.15, -0.1) is 0 Å². The monoisotopic (exact) mass is 252 g/mol. The van der Waals surface area contributed by atoms with Crippen LogP contribution in [0, 0.1) is 5.41 Å². The first-order valence-electron chi connectivity index (χ1n) is 7.20. The molecule has 0 unspecified atom stereocenters. The highest BCUT2D eigenvalue weighted by atomic mass is 16.2. The first-order valence-corrected chi connectivity index (χ1v) is 7.20. The lowest BCUT2D eigenvalue weighted by molar-refractivity contribution is -0.133. The van der Waals surface area contributed by atoms with E-state index in [1.807, 2.05) is 6.92 Å². The fraction of sp³-hybridized carbons (Fsp3) is 0.857. The van der Waals surface area contributed by atoms with Gasteiger partial charge in [0.1, 0.15) is 0 Å². The SMILES string of the molecule is CCNC(=O)CN1CC2(CCCCCC2)CC1=O. The Morgan fingerprint density at radius 1 is 1.28 bits per heavy atom. The fourth-order valence-electron chi connectivity index (χ4n) is 3.37. The predicted octanol–water partition coefficient (Wildman–Crippen LogP) is 1.70. The van der Waals surface area contributed by atoms with E-state index in [1.54, 1.807) is 4.90 Å². The summed E-state index contributed by atoms with van der Waals surface area (Å²) >= 11 is 0. The molecule has 18 heavy (non-hydrogen) atoms. The van der Waals surface area contributed by atoms with Gasteiger partial charge in [0.25, 0.3) is 0 Å². The van der Waals surface area contributed by atoms with E-state index in [0.717, 1.165) is 19.4 Å². The number of nitrogens with one attached hydrogen (secondary N) is 1. The van der Waals surface area contributed by atoms with Crippen LogP contribution >= 0.6 is 0 Å². The molecule has 0 radical (unpaired) electrons. The summed E-state index contributed by atoms with van der Waals surface area (Å²) in [5.41, 5.74) is 0.181. The lowest BCUT2D eigenvalue weighted by Crippen LogP contribution is -2.38. The van der Waals surface area contributed by atoms with Crippen molar-refractivity contribution in [2.45, 2.75) is 51.9 Å². The van der Waals surface area contributed by atoms with Crippen molar-refractivity contribution >= 4 is 11.8 Å². The summed E-state index contributed by atoms with van der Waals surface area (Å²) in [5, 5.41) is 2.76. The van der Waals surface area contributed by atoms with Crippen LogP contribution < -0.4 is 5.32 Å². The van der Waals surface area contributed by atoms with Crippen molar-refractivity contribution in [3.63, 3.8) is 0 Å². The lowest BCUT2D eigenvalue weighted by Gasteiger charge is -2.26. The molecule has 4 nitrogen and oxygen atoms in total. The molecule has 2 amide bonds. The van der Waals surface area contributed by atoms with Gasteiger partial charge in [-0.25, -0.2) is 0 Å². The van der Waals surface area contributed by atoms with E-state index in [1.165, 1.54) is 25.7 Å². The number of carbonyl (C=O) groups excluding carboxylic acids is 2. The molecule has 0 aromatic carbocycles. The molecule has 1 heterocycles. The predicted molar refractivity (Wildman–Crippen MR) is 70.0 cm³/mol. The highest BCUT2D eigenvalue weighted by Crippen LogP contribution is 2.43. The molecule has 1 saturated carbocycles. The Bertz CT molecular complexity index is 320. The number of nitrogens with zero attached hydrogens (tertiary/aromatic N) is 1. The average Bonchev–Trinajstić information content (AvgIpc) is 2.50. The van der Waals surface area contributed by atoms with E-state index >= 15 is 0 Å². The molecule has 2 fully saturated rings. The molecule has 4 heteroatoms. The molecule has 0 aromatic heterocycles. The molecule has 2 rings (SSSR count). The summed E-state index contributed by atoms with van der Waals surface area (Å²) in [6.45, 7) is 3.57. The maximum absolute atomic E-state index is 12.0. The Balaban J connectivity index is 1.94. The van der Waals surface area contributed by atoms with E-state index in [4.69, 9.17) is 0 Å². The number of amides is 2. The third-order valence-electron chi connectivity index (χ3n) is 4.28. The summed E-state index contributed by atoms with van der Waals surface area (Å²) in [7, 11) is 0. The van der Waals surface area contributed by atoms with Crippen LogP contribution in [0.15, 0.2) is 0 Å². The van der Waals surface area contributed by atoms with Crippen molar-refractivity contribution in [3.8, 4) is 0 Å². The zero-order valence-electron chi connectivity index (χ0n) is 11.3. The van der Waals surface area contributed by atoms with E-state index in [0.29, 0.717) is 13.0 Å². The van der Waals surface area contributed by atoms with Gasteiger partial charge in [-0.2, -0.15) is 0 Å². The first-order chi connectivity index (χ1) is 8.65. The van der Waals surface area contributed by atoms with Crippen LogP contribution in [0.1, 0.15) is 51.9 Å². The molecule has 0 bridgehead atoms. The Morgan fingerprint density at radius 3 is 2.56 bits per heavy atom. The lowest BCUT2D eigenvalue weighted by atomic mass is 9.80. The molecule has 1 aliphatic heterocycles. The quantitative estimate of drug-likeness (QED) is 0.831. The number of rotatable bonds is 3. The summed E-state index contributed by atoms with van der Waals surface area (Å²) in [4.78, 5) is 25.4. The van der Waals surface area contributed by atoms with Crippen LogP contribution in [-0.2, 0) is 9.59 Å². The van der Waals surface area contributed by atoms with Crippen LogP contribution in [-0.4, -0.2) is 36.3 Å². The topological polar surface area (TPSA) is 49.4 Å². The Morgan fingerprint density at radius 2 is 1.94 bits per heavy atom. The van der Waals surface area contributed by atoms with Crippen molar-refractivity contribution in [2.75, 3.05) is 19.6 Å². The summed E-state index contributed by atoms with van der Waals surface area (Å²) < 4.78 is 0. The van der Waals surface area contributed by atoms with Crippen LogP contribution in [0.2, 0.25) is 0 Å². The standard InChI is InChI=1S/C14H24N2O2/c1-2-15-12(17)10-16-11-14(9-13(16)18)7-5-3-4-6-8-14/h2-11H2,1H3,(H,15,17). The minimum atomic E-state index is -0.0310. The zero-order valence-corrected chi connectivity index (χ0v) is 11.3. The maximum Gasteiger partial charge on any atom is 0.239 e. The largest absolute Gasteiger partial charge is 0.355 e. The molecular formula is C14H24N2O2. The average molecular weight is 252 g/mol. The normalized spacial score (nSPS) is 23.2. The molecule has 1 N–H and O–H groups in total. The van der Waals surface area contributed by atoms with Crippen LogP contribution in [0.25, 0.3) is 0 Å². The molecule has 102 valence electrons. The van der Waals surface area contributed by atoms with Crippen LogP contribution in [0.5, 0.6) is 0 Å². The van der Waals surface area contributed by atoms with E-state index in [2.05, 4.69) is 5.32 Å². The second-order valence-corrected chi connectivity index (χ2v) is 5.79. The zero-order chi connectivity index (χ0) is 13.0. The second kappa shape index (κ2) is 5.72. The van der Waals surface area contributed by atoms with Crippen molar-refractivity contribution in [1.82, 2.24) is 10.2 Å². The van der Waals surface area contributed by atoms with Gasteiger partial charge in [0.15, 0.2) is 0 Å². The maximum atomic E-state index is 12.0. The smallest absolute Gasteiger partial charge is 0.239 e. The third-order valence-corrected chi connectivity index (χ3v) is 4.28. The highest BCUT2D eigenvalue weighted by molar-refractivity contribution is 5.86. The van der Waals surface area contributed by atoms with E-state index < -0.39 is 0 Å². The molecule has 0 aromatic rings. The number of likely N-dealkylation sites (N-methyl/N-ethyl adjacent to an activating group) is 1. The Labute approximate surface area is 109 Å². The van der Waals surface area contributed by atoms with Gasteiger partial charge in [-0.1, -0.05) is 25.7 Å². The molecule has 1 saturated heterocycles. The summed E-state index contributed by atoms with van der Waals surface area (Å²) in [6.07, 6.45) is 8.05. The van der Waals surface area contributed by atoms with Gasteiger partial charge in [0.2, 0.25) is 11.8 Å². The van der Waals surface area contributed by atoms with Crippen LogP contribution in [0.4, 0.5) is 0 Å². The van der Waals surface area contributed by atoms with Crippen molar-refractivity contribution < 1.29 is 9.59 Å². The minimum Gasteiger partial charge on any atom is -0.355 e. The Hall–Kier alpha value is -1.06. The van der Waals surface area contributed by atoms with Gasteiger partial charge < -0.3 is 10.2 Å².